The van der Waals surface area contributed by atoms with Crippen molar-refractivity contribution in [3.63, 3.8) is 0 Å². The molecule has 1 atom stereocenters. The largest absolute Gasteiger partial charge is 0.483 e. The number of carbonyl (C=O) groups is 2. The first-order valence-corrected chi connectivity index (χ1v) is 9.92. The van der Waals surface area contributed by atoms with E-state index in [0.29, 0.717) is 5.56 Å². The van der Waals surface area contributed by atoms with Crippen LogP contribution in [0.5, 0.6) is 5.75 Å². The topological polar surface area (TPSA) is 55.4 Å². The van der Waals surface area contributed by atoms with Gasteiger partial charge >= 0.3 is 0 Å². The summed E-state index contributed by atoms with van der Waals surface area (Å²) in [6.07, 6.45) is 0.253. The van der Waals surface area contributed by atoms with Crippen LogP contribution in [-0.2, 0) is 4.79 Å². The monoisotopic (exact) mass is 403 g/mol. The number of hydrogen-bond acceptors (Lipinski definition) is 3. The second-order valence-electron chi connectivity index (χ2n) is 7.47. The van der Waals surface area contributed by atoms with Crippen molar-refractivity contribution in [1.29, 1.82) is 0 Å². The van der Waals surface area contributed by atoms with Gasteiger partial charge in [-0.15, -0.1) is 0 Å². The molecule has 3 aromatic carbocycles. The number of benzene rings is 3. The number of carbonyl (C=O) groups excluding carboxylic acids is 2. The van der Waals surface area contributed by atoms with E-state index >= 15 is 0 Å². The standard InChI is InChI=1S/C25H22FNO3/c1-16-14-20(28)24-21(13-12-19(26)23(16)24)30-15-22(29)27-25(17-8-4-2-5-9-17)18-10-6-3-7-11-18/h2-13,16,25H,14-15H2,1H3,(H,27,29). The van der Waals surface area contributed by atoms with E-state index in [1.807, 2.05) is 67.6 Å². The Hall–Kier alpha value is -3.47. The number of amides is 1. The van der Waals surface area contributed by atoms with Crippen LogP contribution in [0.3, 0.4) is 0 Å². The molecule has 3 aromatic rings. The van der Waals surface area contributed by atoms with Gasteiger partial charge in [0.25, 0.3) is 5.91 Å². The number of ether oxygens (including phenoxy) is 1. The summed E-state index contributed by atoms with van der Waals surface area (Å²) in [7, 11) is 0. The highest BCUT2D eigenvalue weighted by Crippen LogP contribution is 2.39. The second-order valence-corrected chi connectivity index (χ2v) is 7.47. The van der Waals surface area contributed by atoms with Gasteiger partial charge in [-0.05, 0) is 29.2 Å². The van der Waals surface area contributed by atoms with Gasteiger partial charge in [-0.1, -0.05) is 67.6 Å². The molecule has 5 heteroatoms. The van der Waals surface area contributed by atoms with Gasteiger partial charge in [-0.25, -0.2) is 4.39 Å². The molecular formula is C25H22FNO3. The van der Waals surface area contributed by atoms with Gasteiger partial charge in [0.1, 0.15) is 11.6 Å². The number of hydrogen-bond donors (Lipinski definition) is 1. The molecule has 0 bridgehead atoms. The molecule has 4 rings (SSSR count). The van der Waals surface area contributed by atoms with E-state index < -0.39 is 5.82 Å². The van der Waals surface area contributed by atoms with Crippen molar-refractivity contribution in [3.05, 3.63) is 101 Å². The predicted molar refractivity (Wildman–Crippen MR) is 112 cm³/mol. The van der Waals surface area contributed by atoms with Crippen molar-refractivity contribution in [2.75, 3.05) is 6.61 Å². The van der Waals surface area contributed by atoms with Crippen LogP contribution in [0.1, 0.15) is 52.4 Å². The van der Waals surface area contributed by atoms with E-state index in [2.05, 4.69) is 5.32 Å². The van der Waals surface area contributed by atoms with E-state index in [4.69, 9.17) is 4.74 Å². The van der Waals surface area contributed by atoms with Crippen LogP contribution in [-0.4, -0.2) is 18.3 Å². The number of halogens is 1. The molecule has 1 aliphatic rings. The molecule has 1 amide bonds. The van der Waals surface area contributed by atoms with Crippen molar-refractivity contribution in [2.45, 2.75) is 25.3 Å². The molecule has 0 aliphatic heterocycles. The van der Waals surface area contributed by atoms with Crippen LogP contribution in [0, 0.1) is 5.82 Å². The van der Waals surface area contributed by atoms with Gasteiger partial charge in [-0.2, -0.15) is 0 Å². The van der Waals surface area contributed by atoms with Crippen LogP contribution in [0.2, 0.25) is 0 Å². The molecule has 152 valence electrons. The van der Waals surface area contributed by atoms with E-state index in [9.17, 15) is 14.0 Å². The van der Waals surface area contributed by atoms with Gasteiger partial charge < -0.3 is 10.1 Å². The Labute approximate surface area is 174 Å². The highest BCUT2D eigenvalue weighted by atomic mass is 19.1. The SMILES string of the molecule is CC1CC(=O)c2c(OCC(=O)NC(c3ccccc3)c3ccccc3)ccc(F)c21. The van der Waals surface area contributed by atoms with Crippen molar-refractivity contribution in [2.24, 2.45) is 0 Å². The first-order valence-electron chi connectivity index (χ1n) is 9.92. The third-order valence-electron chi connectivity index (χ3n) is 5.35. The maximum absolute atomic E-state index is 14.2. The molecule has 1 unspecified atom stereocenters. The zero-order valence-electron chi connectivity index (χ0n) is 16.6. The molecule has 0 aromatic heterocycles. The molecular weight excluding hydrogens is 381 g/mol. The molecule has 0 heterocycles. The quantitative estimate of drug-likeness (QED) is 0.643. The molecule has 0 saturated heterocycles. The number of fused-ring (bicyclic) bond motifs is 1. The molecule has 0 saturated carbocycles. The van der Waals surface area contributed by atoms with E-state index in [1.54, 1.807) is 0 Å². The smallest absolute Gasteiger partial charge is 0.258 e. The van der Waals surface area contributed by atoms with Gasteiger partial charge in [0.2, 0.25) is 0 Å². The van der Waals surface area contributed by atoms with Gasteiger partial charge in [0.05, 0.1) is 11.6 Å². The molecule has 0 radical (unpaired) electrons. The third kappa shape index (κ3) is 3.96. The Morgan fingerprint density at radius 3 is 2.23 bits per heavy atom. The lowest BCUT2D eigenvalue weighted by molar-refractivity contribution is -0.123. The Morgan fingerprint density at radius 1 is 1.03 bits per heavy atom. The summed E-state index contributed by atoms with van der Waals surface area (Å²) in [6, 6.07) is 21.7. The van der Waals surface area contributed by atoms with Crippen LogP contribution >= 0.6 is 0 Å². The molecule has 4 nitrogen and oxygen atoms in total. The van der Waals surface area contributed by atoms with Crippen molar-refractivity contribution < 1.29 is 18.7 Å². The molecule has 1 N–H and O–H groups in total. The van der Waals surface area contributed by atoms with Crippen molar-refractivity contribution in [3.8, 4) is 5.75 Å². The lowest BCUT2D eigenvalue weighted by atomic mass is 9.99. The maximum atomic E-state index is 14.2. The number of rotatable bonds is 6. The van der Waals surface area contributed by atoms with Crippen LogP contribution in [0.15, 0.2) is 72.8 Å². The van der Waals surface area contributed by atoms with Gasteiger partial charge in [0, 0.05) is 12.0 Å². The number of Topliss-reactive ketones (excluding diaryl/α,β-unsaturated/α-hetero) is 1. The lowest BCUT2D eigenvalue weighted by Gasteiger charge is -2.20. The Kier molecular flexibility index (Phi) is 5.61. The fraction of sp³-hybridized carbons (Fsp3) is 0.200. The predicted octanol–water partition coefficient (Wildman–Crippen LogP) is 4.80. The molecule has 30 heavy (non-hydrogen) atoms. The van der Waals surface area contributed by atoms with E-state index in [-0.39, 0.29) is 48.0 Å². The number of ketones is 1. The van der Waals surface area contributed by atoms with Crippen LogP contribution < -0.4 is 10.1 Å². The second kappa shape index (κ2) is 8.49. The maximum Gasteiger partial charge on any atom is 0.258 e. The third-order valence-corrected chi connectivity index (χ3v) is 5.35. The van der Waals surface area contributed by atoms with Crippen molar-refractivity contribution >= 4 is 11.7 Å². The zero-order valence-corrected chi connectivity index (χ0v) is 16.6. The first-order chi connectivity index (χ1) is 14.5. The average Bonchev–Trinajstić information content (AvgIpc) is 3.08. The fourth-order valence-electron chi connectivity index (χ4n) is 3.94. The summed E-state index contributed by atoms with van der Waals surface area (Å²) in [5, 5.41) is 3.00. The Balaban J connectivity index is 1.51. The Bertz CT molecular complexity index is 1030. The minimum Gasteiger partial charge on any atom is -0.483 e. The first kappa shape index (κ1) is 19.8. The summed E-state index contributed by atoms with van der Waals surface area (Å²) in [5.41, 5.74) is 2.54. The van der Waals surface area contributed by atoms with Crippen LogP contribution in [0.4, 0.5) is 4.39 Å². The normalized spacial score (nSPS) is 15.2. The number of nitrogens with one attached hydrogen (secondary N) is 1. The van der Waals surface area contributed by atoms with Gasteiger partial charge in [-0.3, -0.25) is 9.59 Å². The molecule has 0 spiro atoms. The molecule has 0 fully saturated rings. The summed E-state index contributed by atoms with van der Waals surface area (Å²) in [5.74, 6) is -0.825. The highest BCUT2D eigenvalue weighted by molar-refractivity contribution is 6.03. The average molecular weight is 403 g/mol. The minimum atomic E-state index is -0.409. The Morgan fingerprint density at radius 2 is 1.63 bits per heavy atom. The summed E-state index contributed by atoms with van der Waals surface area (Å²) < 4.78 is 19.8. The summed E-state index contributed by atoms with van der Waals surface area (Å²) in [4.78, 5) is 25.0. The van der Waals surface area contributed by atoms with Crippen molar-refractivity contribution in [1.82, 2.24) is 5.32 Å². The summed E-state index contributed by atoms with van der Waals surface area (Å²) in [6.45, 7) is 1.55. The fourth-order valence-corrected chi connectivity index (χ4v) is 3.94. The molecule has 1 aliphatic carbocycles. The minimum absolute atomic E-state index is 0.154. The van der Waals surface area contributed by atoms with Gasteiger partial charge in [0.15, 0.2) is 12.4 Å². The highest BCUT2D eigenvalue weighted by Gasteiger charge is 2.32. The van der Waals surface area contributed by atoms with Crippen LogP contribution in [0.25, 0.3) is 0 Å². The zero-order chi connectivity index (χ0) is 21.1. The lowest BCUT2D eigenvalue weighted by Crippen LogP contribution is -2.33. The van der Waals surface area contributed by atoms with E-state index in [1.165, 1.54) is 12.1 Å². The van der Waals surface area contributed by atoms with E-state index in [0.717, 1.165) is 11.1 Å². The summed E-state index contributed by atoms with van der Waals surface area (Å²) >= 11 is 0.